The minimum Gasteiger partial charge on any atom is -0.399 e. The van der Waals surface area contributed by atoms with Gasteiger partial charge in [0.2, 0.25) is 0 Å². The molecule has 0 saturated carbocycles. The Morgan fingerprint density at radius 1 is 1.45 bits per heavy atom. The fourth-order valence-electron chi connectivity index (χ4n) is 2.82. The van der Waals surface area contributed by atoms with E-state index in [1.54, 1.807) is 25.1 Å². The van der Waals surface area contributed by atoms with E-state index in [9.17, 15) is 13.2 Å². The third kappa shape index (κ3) is 2.58. The number of benzene rings is 1. The first-order valence-electron chi connectivity index (χ1n) is 6.68. The van der Waals surface area contributed by atoms with Crippen molar-refractivity contribution in [2.24, 2.45) is 5.92 Å². The van der Waals surface area contributed by atoms with Crippen molar-refractivity contribution in [2.75, 3.05) is 25.1 Å². The van der Waals surface area contributed by atoms with Crippen LogP contribution in [0.1, 0.15) is 24.9 Å². The quantitative estimate of drug-likeness (QED) is 0.668. The van der Waals surface area contributed by atoms with Crippen molar-refractivity contribution < 1.29 is 13.2 Å². The number of hydrogen-bond donors (Lipinski definition) is 1. The van der Waals surface area contributed by atoms with Crippen LogP contribution < -0.4 is 5.73 Å². The Bertz CT molecular complexity index is 613. The van der Waals surface area contributed by atoms with Crippen molar-refractivity contribution in [3.8, 4) is 0 Å². The van der Waals surface area contributed by atoms with Crippen LogP contribution >= 0.6 is 0 Å². The highest BCUT2D eigenvalue weighted by atomic mass is 32.2. The van der Waals surface area contributed by atoms with E-state index in [0.717, 1.165) is 19.3 Å². The molecule has 0 spiro atoms. The van der Waals surface area contributed by atoms with Gasteiger partial charge >= 0.3 is 0 Å². The van der Waals surface area contributed by atoms with Gasteiger partial charge in [0, 0.05) is 17.6 Å². The molecule has 2 N–H and O–H groups in total. The lowest BCUT2D eigenvalue weighted by Crippen LogP contribution is -2.24. The zero-order chi connectivity index (χ0) is 14.9. The third-order valence-electron chi connectivity index (χ3n) is 3.94. The standard InChI is InChI=1S/C14H20N2O3S/c1-3-20(18,19)13-5-4-11(15)8-12(13)14-10(9-17)6-7-16(14)2/h4-5,8-10,14H,3,6-7,15H2,1-2H3/t10-,14-/m1/s1. The molecule has 110 valence electrons. The van der Waals surface area contributed by atoms with E-state index in [1.165, 1.54) is 0 Å². The molecule has 1 aliphatic heterocycles. The van der Waals surface area contributed by atoms with Gasteiger partial charge in [-0.3, -0.25) is 4.90 Å². The second kappa shape index (κ2) is 5.54. The molecule has 5 nitrogen and oxygen atoms in total. The molecule has 1 heterocycles. The Morgan fingerprint density at radius 3 is 2.75 bits per heavy atom. The molecule has 0 amide bonds. The molecule has 2 rings (SSSR count). The molecule has 1 saturated heterocycles. The minimum atomic E-state index is -3.34. The molecule has 1 fully saturated rings. The first-order valence-corrected chi connectivity index (χ1v) is 8.33. The molecule has 1 aromatic rings. The van der Waals surface area contributed by atoms with Crippen molar-refractivity contribution in [3.63, 3.8) is 0 Å². The lowest BCUT2D eigenvalue weighted by Gasteiger charge is -2.25. The van der Waals surface area contributed by atoms with Gasteiger partial charge in [-0.25, -0.2) is 8.42 Å². The highest BCUT2D eigenvalue weighted by molar-refractivity contribution is 7.91. The van der Waals surface area contributed by atoms with E-state index in [2.05, 4.69) is 0 Å². The van der Waals surface area contributed by atoms with E-state index in [-0.39, 0.29) is 17.7 Å². The predicted octanol–water partition coefficient (Wildman–Crippen LogP) is 1.25. The van der Waals surface area contributed by atoms with E-state index < -0.39 is 9.84 Å². The van der Waals surface area contributed by atoms with Crippen LogP contribution in [0, 0.1) is 5.92 Å². The van der Waals surface area contributed by atoms with Crippen molar-refractivity contribution >= 4 is 21.8 Å². The van der Waals surface area contributed by atoms with Crippen LogP contribution in [0.5, 0.6) is 0 Å². The molecule has 0 unspecified atom stereocenters. The maximum Gasteiger partial charge on any atom is 0.178 e. The van der Waals surface area contributed by atoms with Gasteiger partial charge in [0.05, 0.1) is 10.6 Å². The average Bonchev–Trinajstić information content (AvgIpc) is 2.79. The lowest BCUT2D eigenvalue weighted by atomic mass is 9.94. The molecule has 0 radical (unpaired) electrons. The Morgan fingerprint density at radius 2 is 2.15 bits per heavy atom. The molecular formula is C14H20N2O3S. The molecule has 2 atom stereocenters. The summed E-state index contributed by atoms with van der Waals surface area (Å²) in [7, 11) is -1.43. The maximum absolute atomic E-state index is 12.2. The highest BCUT2D eigenvalue weighted by Crippen LogP contribution is 2.38. The number of rotatable bonds is 4. The van der Waals surface area contributed by atoms with E-state index in [1.807, 2.05) is 11.9 Å². The van der Waals surface area contributed by atoms with Crippen molar-refractivity contribution in [2.45, 2.75) is 24.3 Å². The number of carbonyl (C=O) groups excluding carboxylic acids is 1. The Hall–Kier alpha value is -1.40. The average molecular weight is 296 g/mol. The number of likely N-dealkylation sites (tertiary alicyclic amines) is 1. The zero-order valence-electron chi connectivity index (χ0n) is 11.7. The highest BCUT2D eigenvalue weighted by Gasteiger charge is 2.36. The SMILES string of the molecule is CCS(=O)(=O)c1ccc(N)cc1[C@H]1[C@@H](C=O)CCN1C. The summed E-state index contributed by atoms with van der Waals surface area (Å²) in [6.45, 7) is 2.39. The normalized spacial score (nSPS) is 23.9. The molecule has 6 heteroatoms. The van der Waals surface area contributed by atoms with E-state index in [0.29, 0.717) is 16.1 Å². The fourth-order valence-corrected chi connectivity index (χ4v) is 3.95. The summed E-state index contributed by atoms with van der Waals surface area (Å²) in [6.07, 6.45) is 1.66. The van der Waals surface area contributed by atoms with Crippen LogP contribution in [0.25, 0.3) is 0 Å². The molecule has 0 aliphatic carbocycles. The Balaban J connectivity index is 2.60. The second-order valence-corrected chi connectivity index (χ2v) is 7.46. The molecule has 0 bridgehead atoms. The summed E-state index contributed by atoms with van der Waals surface area (Å²) in [6, 6.07) is 4.62. The largest absolute Gasteiger partial charge is 0.399 e. The van der Waals surface area contributed by atoms with Crippen LogP contribution in [0.15, 0.2) is 23.1 Å². The summed E-state index contributed by atoms with van der Waals surface area (Å²) in [5.41, 5.74) is 6.97. The van der Waals surface area contributed by atoms with Gasteiger partial charge in [-0.05, 0) is 43.8 Å². The van der Waals surface area contributed by atoms with E-state index in [4.69, 9.17) is 5.73 Å². The minimum absolute atomic E-state index is 0.0338. The monoisotopic (exact) mass is 296 g/mol. The third-order valence-corrected chi connectivity index (χ3v) is 5.74. The number of sulfone groups is 1. The number of nitrogen functional groups attached to an aromatic ring is 1. The van der Waals surface area contributed by atoms with Gasteiger partial charge < -0.3 is 10.5 Å². The molecule has 1 aromatic carbocycles. The molecular weight excluding hydrogens is 276 g/mol. The van der Waals surface area contributed by atoms with Crippen LogP contribution in [0.3, 0.4) is 0 Å². The van der Waals surface area contributed by atoms with Gasteiger partial charge in [0.15, 0.2) is 9.84 Å². The van der Waals surface area contributed by atoms with Crippen molar-refractivity contribution in [3.05, 3.63) is 23.8 Å². The van der Waals surface area contributed by atoms with Crippen LogP contribution in [0.4, 0.5) is 5.69 Å². The number of hydrogen-bond acceptors (Lipinski definition) is 5. The Labute approximate surface area is 119 Å². The second-order valence-electron chi connectivity index (χ2n) is 5.21. The van der Waals surface area contributed by atoms with Crippen LogP contribution in [-0.4, -0.2) is 38.9 Å². The summed E-state index contributed by atoms with van der Waals surface area (Å²) in [5, 5.41) is 0. The zero-order valence-corrected chi connectivity index (χ0v) is 12.6. The van der Waals surface area contributed by atoms with Gasteiger partial charge in [0.1, 0.15) is 6.29 Å². The van der Waals surface area contributed by atoms with Gasteiger partial charge in [-0.2, -0.15) is 0 Å². The number of carbonyl (C=O) groups is 1. The maximum atomic E-state index is 12.2. The van der Waals surface area contributed by atoms with Crippen molar-refractivity contribution in [1.29, 1.82) is 0 Å². The summed E-state index contributed by atoms with van der Waals surface area (Å²) < 4.78 is 24.5. The summed E-state index contributed by atoms with van der Waals surface area (Å²) in [5.74, 6) is -0.154. The van der Waals surface area contributed by atoms with Gasteiger partial charge in [-0.15, -0.1) is 0 Å². The number of nitrogens with two attached hydrogens (primary N) is 1. The van der Waals surface area contributed by atoms with Crippen LogP contribution in [0.2, 0.25) is 0 Å². The van der Waals surface area contributed by atoms with E-state index >= 15 is 0 Å². The number of anilines is 1. The molecule has 20 heavy (non-hydrogen) atoms. The molecule has 0 aromatic heterocycles. The smallest absolute Gasteiger partial charge is 0.178 e. The molecule has 1 aliphatic rings. The number of aldehydes is 1. The van der Waals surface area contributed by atoms with Crippen LogP contribution in [-0.2, 0) is 14.6 Å². The fraction of sp³-hybridized carbons (Fsp3) is 0.500. The summed E-state index contributed by atoms with van der Waals surface area (Å²) in [4.78, 5) is 13.6. The number of nitrogens with zero attached hydrogens (tertiary/aromatic N) is 1. The first kappa shape index (κ1) is 15.0. The topological polar surface area (TPSA) is 80.5 Å². The van der Waals surface area contributed by atoms with Gasteiger partial charge in [-0.1, -0.05) is 6.92 Å². The van der Waals surface area contributed by atoms with Gasteiger partial charge in [0.25, 0.3) is 0 Å². The predicted molar refractivity (Wildman–Crippen MR) is 78.1 cm³/mol. The Kier molecular flexibility index (Phi) is 4.15. The summed E-state index contributed by atoms with van der Waals surface area (Å²) >= 11 is 0. The van der Waals surface area contributed by atoms with Crippen molar-refractivity contribution in [1.82, 2.24) is 4.90 Å². The first-order chi connectivity index (χ1) is 9.40. The lowest BCUT2D eigenvalue weighted by molar-refractivity contribution is -0.111.